The largest absolute Gasteiger partial charge is 0.372 e. The number of para-hydroxylation sites is 1. The Hall–Kier alpha value is -2.82. The van der Waals surface area contributed by atoms with E-state index < -0.39 is 0 Å². The van der Waals surface area contributed by atoms with Gasteiger partial charge in [0.25, 0.3) is 0 Å². The smallest absolute Gasteiger partial charge is 0.236 e. The van der Waals surface area contributed by atoms with Gasteiger partial charge in [-0.2, -0.15) is 0 Å². The van der Waals surface area contributed by atoms with Crippen molar-refractivity contribution in [2.75, 3.05) is 34.8 Å². The zero-order chi connectivity index (χ0) is 17.9. The third kappa shape index (κ3) is 3.43. The van der Waals surface area contributed by atoms with Crippen LogP contribution in [0.25, 0.3) is 0 Å². The summed E-state index contributed by atoms with van der Waals surface area (Å²) in [5.41, 5.74) is 4.01. The first-order chi connectivity index (χ1) is 12.7. The van der Waals surface area contributed by atoms with Crippen molar-refractivity contribution in [2.45, 2.75) is 25.7 Å². The van der Waals surface area contributed by atoms with Crippen molar-refractivity contribution < 1.29 is 9.59 Å². The molecule has 0 unspecified atom stereocenters. The number of hydrogen-bond acceptors (Lipinski definition) is 3. The van der Waals surface area contributed by atoms with E-state index in [-0.39, 0.29) is 18.2 Å². The summed E-state index contributed by atoms with van der Waals surface area (Å²) in [6.45, 7) is 2.84. The van der Waals surface area contributed by atoms with Crippen molar-refractivity contribution >= 4 is 28.9 Å². The number of nitrogens with zero attached hydrogens (tertiary/aromatic N) is 2. The summed E-state index contributed by atoms with van der Waals surface area (Å²) in [5, 5.41) is 2.83. The molecule has 2 amide bonds. The highest BCUT2D eigenvalue weighted by atomic mass is 16.2. The van der Waals surface area contributed by atoms with Gasteiger partial charge in [-0.3, -0.25) is 9.59 Å². The van der Waals surface area contributed by atoms with Gasteiger partial charge in [0.1, 0.15) is 6.42 Å². The van der Waals surface area contributed by atoms with Gasteiger partial charge in [0.2, 0.25) is 11.8 Å². The maximum Gasteiger partial charge on any atom is 0.236 e. The van der Waals surface area contributed by atoms with Gasteiger partial charge in [0, 0.05) is 36.7 Å². The van der Waals surface area contributed by atoms with E-state index in [1.165, 1.54) is 24.1 Å². The van der Waals surface area contributed by atoms with E-state index in [0.29, 0.717) is 6.54 Å². The number of fused-ring (bicyclic) bond motifs is 1. The lowest BCUT2D eigenvalue weighted by Crippen LogP contribution is -2.32. The Morgan fingerprint density at radius 1 is 0.923 bits per heavy atom. The minimum absolute atomic E-state index is 0.137. The fraction of sp³-hybridized carbons (Fsp3) is 0.333. The second kappa shape index (κ2) is 7.20. The molecule has 5 nitrogen and oxygen atoms in total. The molecule has 2 aromatic carbocycles. The number of amides is 2. The van der Waals surface area contributed by atoms with Crippen LogP contribution in [0.15, 0.2) is 48.5 Å². The van der Waals surface area contributed by atoms with Crippen LogP contribution in [0, 0.1) is 0 Å². The van der Waals surface area contributed by atoms with Gasteiger partial charge in [-0.15, -0.1) is 0 Å². The summed E-state index contributed by atoms with van der Waals surface area (Å²) >= 11 is 0. The van der Waals surface area contributed by atoms with Crippen LogP contribution in [0.3, 0.4) is 0 Å². The zero-order valence-corrected chi connectivity index (χ0v) is 14.8. The van der Waals surface area contributed by atoms with Crippen LogP contribution in [0.2, 0.25) is 0 Å². The number of carbonyl (C=O) groups excluding carboxylic acids is 2. The topological polar surface area (TPSA) is 52.7 Å². The summed E-state index contributed by atoms with van der Waals surface area (Å²) < 4.78 is 0. The fourth-order valence-corrected chi connectivity index (χ4v) is 3.77. The third-order valence-corrected chi connectivity index (χ3v) is 5.12. The summed E-state index contributed by atoms with van der Waals surface area (Å²) in [4.78, 5) is 28.8. The van der Waals surface area contributed by atoms with Crippen molar-refractivity contribution in [1.82, 2.24) is 0 Å². The number of anilines is 3. The van der Waals surface area contributed by atoms with Crippen molar-refractivity contribution in [3.8, 4) is 0 Å². The monoisotopic (exact) mass is 349 g/mol. The molecule has 0 radical (unpaired) electrons. The maximum absolute atomic E-state index is 12.5. The SMILES string of the molecule is O=C(CC(=O)N1CCc2ccccc21)Nc1ccc(N2CCCC2)cc1. The standard InChI is InChI=1S/C21H23N3O2/c25-20(15-21(26)24-14-11-16-5-1-2-6-19(16)24)22-17-7-9-18(10-8-17)23-12-3-4-13-23/h1-2,5-10H,3-4,11-15H2,(H,22,25). The minimum Gasteiger partial charge on any atom is -0.372 e. The summed E-state index contributed by atoms with van der Waals surface area (Å²) in [7, 11) is 0. The Labute approximate surface area is 153 Å². The molecule has 2 aliphatic heterocycles. The van der Waals surface area contributed by atoms with Crippen LogP contribution < -0.4 is 15.1 Å². The van der Waals surface area contributed by atoms with E-state index in [2.05, 4.69) is 10.2 Å². The lowest BCUT2D eigenvalue weighted by molar-refractivity contribution is -0.125. The predicted octanol–water partition coefficient (Wildman–Crippen LogP) is 3.20. The predicted molar refractivity (Wildman–Crippen MR) is 104 cm³/mol. The first-order valence-electron chi connectivity index (χ1n) is 9.24. The Balaban J connectivity index is 1.34. The van der Waals surface area contributed by atoms with Gasteiger partial charge in [-0.05, 0) is 55.2 Å². The Kier molecular flexibility index (Phi) is 4.61. The van der Waals surface area contributed by atoms with Crippen molar-refractivity contribution in [1.29, 1.82) is 0 Å². The normalized spacial score (nSPS) is 15.8. The molecular formula is C21H23N3O2. The molecule has 1 saturated heterocycles. The molecule has 0 bridgehead atoms. The lowest BCUT2D eigenvalue weighted by atomic mass is 10.2. The first-order valence-corrected chi connectivity index (χ1v) is 9.24. The molecule has 0 spiro atoms. The molecule has 0 aromatic heterocycles. The molecule has 1 N–H and O–H groups in total. The number of nitrogens with one attached hydrogen (secondary N) is 1. The van der Waals surface area contributed by atoms with Crippen LogP contribution in [-0.2, 0) is 16.0 Å². The van der Waals surface area contributed by atoms with Crippen LogP contribution in [0.5, 0.6) is 0 Å². The van der Waals surface area contributed by atoms with Crippen LogP contribution in [-0.4, -0.2) is 31.4 Å². The van der Waals surface area contributed by atoms with Gasteiger partial charge in [0.05, 0.1) is 0 Å². The highest BCUT2D eigenvalue weighted by Gasteiger charge is 2.25. The van der Waals surface area contributed by atoms with Crippen LogP contribution in [0.1, 0.15) is 24.8 Å². The molecule has 0 saturated carbocycles. The quantitative estimate of drug-likeness (QED) is 0.863. The fourth-order valence-electron chi connectivity index (χ4n) is 3.77. The number of carbonyl (C=O) groups is 2. The molecule has 0 aliphatic carbocycles. The van der Waals surface area contributed by atoms with E-state index in [1.807, 2.05) is 48.5 Å². The maximum atomic E-state index is 12.5. The number of hydrogen-bond donors (Lipinski definition) is 1. The van der Waals surface area contributed by atoms with Gasteiger partial charge in [0.15, 0.2) is 0 Å². The average molecular weight is 349 g/mol. The molecule has 134 valence electrons. The molecule has 2 aliphatic rings. The Morgan fingerprint density at radius 2 is 1.65 bits per heavy atom. The van der Waals surface area contributed by atoms with E-state index in [4.69, 9.17) is 0 Å². The van der Waals surface area contributed by atoms with Crippen LogP contribution in [0.4, 0.5) is 17.1 Å². The summed E-state index contributed by atoms with van der Waals surface area (Å²) in [5.74, 6) is -0.422. The lowest BCUT2D eigenvalue weighted by Gasteiger charge is -2.18. The van der Waals surface area contributed by atoms with Gasteiger partial charge < -0.3 is 15.1 Å². The zero-order valence-electron chi connectivity index (χ0n) is 14.8. The second-order valence-corrected chi connectivity index (χ2v) is 6.89. The van der Waals surface area contributed by atoms with E-state index in [9.17, 15) is 9.59 Å². The van der Waals surface area contributed by atoms with E-state index in [0.717, 1.165) is 30.9 Å². The van der Waals surface area contributed by atoms with Crippen molar-refractivity contribution in [2.24, 2.45) is 0 Å². The number of rotatable bonds is 4. The van der Waals surface area contributed by atoms with Gasteiger partial charge >= 0.3 is 0 Å². The van der Waals surface area contributed by atoms with Crippen molar-refractivity contribution in [3.05, 3.63) is 54.1 Å². The van der Waals surface area contributed by atoms with Gasteiger partial charge in [-0.1, -0.05) is 18.2 Å². The molecule has 2 heterocycles. The highest BCUT2D eigenvalue weighted by Crippen LogP contribution is 2.28. The molecule has 4 rings (SSSR count). The minimum atomic E-state index is -0.270. The molecule has 0 atom stereocenters. The molecule has 5 heteroatoms. The van der Waals surface area contributed by atoms with Gasteiger partial charge in [-0.25, -0.2) is 0 Å². The summed E-state index contributed by atoms with van der Waals surface area (Å²) in [6, 6.07) is 15.7. The first kappa shape index (κ1) is 16.6. The third-order valence-electron chi connectivity index (χ3n) is 5.12. The molecule has 26 heavy (non-hydrogen) atoms. The second-order valence-electron chi connectivity index (χ2n) is 6.89. The van der Waals surface area contributed by atoms with Crippen molar-refractivity contribution in [3.63, 3.8) is 0 Å². The summed E-state index contributed by atoms with van der Waals surface area (Å²) in [6.07, 6.45) is 3.18. The van der Waals surface area contributed by atoms with E-state index in [1.54, 1.807) is 4.90 Å². The number of benzene rings is 2. The molecule has 1 fully saturated rings. The highest BCUT2D eigenvalue weighted by molar-refractivity contribution is 6.09. The average Bonchev–Trinajstić information content (AvgIpc) is 3.32. The van der Waals surface area contributed by atoms with E-state index >= 15 is 0 Å². The Bertz CT molecular complexity index is 810. The Morgan fingerprint density at radius 3 is 2.42 bits per heavy atom. The molecule has 2 aromatic rings. The molecular weight excluding hydrogens is 326 g/mol. The van der Waals surface area contributed by atoms with Crippen LogP contribution >= 0.6 is 0 Å².